The Morgan fingerprint density at radius 1 is 1.05 bits per heavy atom. The van der Waals surface area contributed by atoms with E-state index in [1.54, 1.807) is 12.4 Å². The lowest BCUT2D eigenvalue weighted by molar-refractivity contribution is 0.340. The fourth-order valence-electron chi connectivity index (χ4n) is 1.71. The highest BCUT2D eigenvalue weighted by molar-refractivity contribution is 5.57. The van der Waals surface area contributed by atoms with Crippen LogP contribution in [0.5, 0.6) is 5.75 Å². The van der Waals surface area contributed by atoms with Crippen molar-refractivity contribution >= 4 is 17.3 Å². The molecule has 0 atom stereocenters. The second-order valence-corrected chi connectivity index (χ2v) is 4.30. The van der Waals surface area contributed by atoms with E-state index in [0.717, 1.165) is 36.0 Å². The summed E-state index contributed by atoms with van der Waals surface area (Å²) in [4.78, 5) is 8.62. The summed E-state index contributed by atoms with van der Waals surface area (Å²) >= 11 is 0. The van der Waals surface area contributed by atoms with Crippen molar-refractivity contribution in [3.63, 3.8) is 0 Å². The number of nitrogens with one attached hydrogen (secondary N) is 2. The summed E-state index contributed by atoms with van der Waals surface area (Å²) in [6.45, 7) is 5.64. The van der Waals surface area contributed by atoms with Gasteiger partial charge in [0.15, 0.2) is 5.82 Å². The van der Waals surface area contributed by atoms with Crippen LogP contribution in [0.3, 0.4) is 0 Å². The first-order valence-electron chi connectivity index (χ1n) is 6.87. The molecular weight excluding hydrogens is 252 g/mol. The maximum absolute atomic E-state index is 5.41. The maximum atomic E-state index is 5.41. The number of rotatable bonds is 7. The number of ether oxygens (including phenoxy) is 1. The van der Waals surface area contributed by atoms with E-state index in [2.05, 4.69) is 27.5 Å². The van der Waals surface area contributed by atoms with E-state index in [1.165, 1.54) is 0 Å². The zero-order valence-corrected chi connectivity index (χ0v) is 11.9. The minimum atomic E-state index is 0.670. The lowest BCUT2D eigenvalue weighted by Crippen LogP contribution is -2.04. The highest BCUT2D eigenvalue weighted by Crippen LogP contribution is 2.19. The van der Waals surface area contributed by atoms with E-state index >= 15 is 0 Å². The monoisotopic (exact) mass is 272 g/mol. The second-order valence-electron chi connectivity index (χ2n) is 4.30. The Balaban J connectivity index is 2.01. The van der Waals surface area contributed by atoms with E-state index in [9.17, 15) is 0 Å². The van der Waals surface area contributed by atoms with Gasteiger partial charge in [-0.3, -0.25) is 4.98 Å². The van der Waals surface area contributed by atoms with Crippen LogP contribution in [0.4, 0.5) is 17.3 Å². The molecule has 0 aliphatic carbocycles. The maximum Gasteiger partial charge on any atom is 0.151 e. The van der Waals surface area contributed by atoms with Crippen LogP contribution >= 0.6 is 0 Å². The molecule has 20 heavy (non-hydrogen) atoms. The first-order valence-corrected chi connectivity index (χ1v) is 6.87. The molecule has 0 aliphatic heterocycles. The van der Waals surface area contributed by atoms with Crippen LogP contribution in [0.15, 0.2) is 36.7 Å². The lowest BCUT2D eigenvalue weighted by Gasteiger charge is -2.09. The van der Waals surface area contributed by atoms with Gasteiger partial charge >= 0.3 is 0 Å². The van der Waals surface area contributed by atoms with Crippen molar-refractivity contribution in [2.24, 2.45) is 0 Å². The molecule has 0 aliphatic rings. The van der Waals surface area contributed by atoms with Crippen LogP contribution in [-0.2, 0) is 0 Å². The third-order valence-electron chi connectivity index (χ3n) is 2.63. The summed E-state index contributed by atoms with van der Waals surface area (Å²) in [5.74, 6) is 2.36. The normalized spacial score (nSPS) is 10.1. The van der Waals surface area contributed by atoms with Gasteiger partial charge in [0, 0.05) is 12.2 Å². The van der Waals surface area contributed by atoms with Gasteiger partial charge in [-0.05, 0) is 37.6 Å². The van der Waals surface area contributed by atoms with Gasteiger partial charge in [-0.2, -0.15) is 0 Å². The highest BCUT2D eigenvalue weighted by atomic mass is 16.5. The van der Waals surface area contributed by atoms with Crippen LogP contribution in [0.2, 0.25) is 0 Å². The Kier molecular flexibility index (Phi) is 5.17. The molecule has 0 amide bonds. The van der Waals surface area contributed by atoms with E-state index < -0.39 is 0 Å². The predicted octanol–water partition coefficient (Wildman–Crippen LogP) is 3.44. The zero-order valence-electron chi connectivity index (χ0n) is 11.9. The second kappa shape index (κ2) is 7.33. The van der Waals surface area contributed by atoms with Gasteiger partial charge in [0.2, 0.25) is 0 Å². The average Bonchev–Trinajstić information content (AvgIpc) is 2.48. The molecule has 5 nitrogen and oxygen atoms in total. The fourth-order valence-corrected chi connectivity index (χ4v) is 1.71. The average molecular weight is 272 g/mol. The Morgan fingerprint density at radius 2 is 1.80 bits per heavy atom. The van der Waals surface area contributed by atoms with Gasteiger partial charge in [0.05, 0.1) is 19.0 Å². The van der Waals surface area contributed by atoms with Crippen LogP contribution in [0.1, 0.15) is 20.3 Å². The predicted molar refractivity (Wildman–Crippen MR) is 81.7 cm³/mol. The molecule has 1 aromatic carbocycles. The number of aromatic nitrogens is 2. The van der Waals surface area contributed by atoms with E-state index in [0.29, 0.717) is 6.61 Å². The molecule has 0 saturated carbocycles. The van der Waals surface area contributed by atoms with Crippen molar-refractivity contribution in [3.8, 4) is 5.75 Å². The summed E-state index contributed by atoms with van der Waals surface area (Å²) in [6, 6.07) is 7.77. The zero-order chi connectivity index (χ0) is 14.2. The molecule has 0 spiro atoms. The molecule has 106 valence electrons. The molecule has 0 fully saturated rings. The fraction of sp³-hybridized carbons (Fsp3) is 0.333. The first-order chi connectivity index (χ1) is 9.81. The summed E-state index contributed by atoms with van der Waals surface area (Å²) in [6.07, 6.45) is 4.48. The molecule has 2 aromatic rings. The molecule has 0 bridgehead atoms. The Labute approximate surface area is 119 Å². The highest BCUT2D eigenvalue weighted by Gasteiger charge is 2.00. The van der Waals surface area contributed by atoms with Crippen molar-refractivity contribution in [1.29, 1.82) is 0 Å². The van der Waals surface area contributed by atoms with Gasteiger partial charge < -0.3 is 15.4 Å². The molecule has 1 aromatic heterocycles. The number of hydrogen-bond donors (Lipinski definition) is 2. The molecule has 0 saturated heterocycles. The minimum absolute atomic E-state index is 0.670. The molecule has 2 N–H and O–H groups in total. The molecule has 5 heteroatoms. The van der Waals surface area contributed by atoms with Gasteiger partial charge in [0.1, 0.15) is 11.6 Å². The van der Waals surface area contributed by atoms with Crippen molar-refractivity contribution in [1.82, 2.24) is 9.97 Å². The van der Waals surface area contributed by atoms with Crippen molar-refractivity contribution in [2.75, 3.05) is 23.8 Å². The smallest absolute Gasteiger partial charge is 0.151 e. The first kappa shape index (κ1) is 14.1. The topological polar surface area (TPSA) is 59.1 Å². The SMILES string of the molecule is CCCNc1cncc(Nc2ccc(OCC)cc2)n1. The van der Waals surface area contributed by atoms with E-state index in [-0.39, 0.29) is 0 Å². The van der Waals surface area contributed by atoms with Gasteiger partial charge in [0.25, 0.3) is 0 Å². The summed E-state index contributed by atoms with van der Waals surface area (Å²) < 4.78 is 5.41. The number of nitrogens with zero attached hydrogens (tertiary/aromatic N) is 2. The molecule has 0 unspecified atom stereocenters. The number of benzene rings is 1. The number of anilines is 3. The van der Waals surface area contributed by atoms with E-state index in [4.69, 9.17) is 4.74 Å². The van der Waals surface area contributed by atoms with Crippen molar-refractivity contribution in [2.45, 2.75) is 20.3 Å². The third-order valence-corrected chi connectivity index (χ3v) is 2.63. The quantitative estimate of drug-likeness (QED) is 0.808. The van der Waals surface area contributed by atoms with E-state index in [1.807, 2.05) is 31.2 Å². The molecular formula is C15H20N4O. The Hall–Kier alpha value is -2.30. The summed E-state index contributed by atoms with van der Waals surface area (Å²) in [5, 5.41) is 6.43. The van der Waals surface area contributed by atoms with Gasteiger partial charge in [-0.1, -0.05) is 6.92 Å². The van der Waals surface area contributed by atoms with Crippen molar-refractivity contribution < 1.29 is 4.74 Å². The summed E-state index contributed by atoms with van der Waals surface area (Å²) in [7, 11) is 0. The molecule has 2 rings (SSSR count). The van der Waals surface area contributed by atoms with Crippen LogP contribution < -0.4 is 15.4 Å². The lowest BCUT2D eigenvalue weighted by atomic mass is 10.3. The van der Waals surface area contributed by atoms with Gasteiger partial charge in [-0.25, -0.2) is 4.98 Å². The minimum Gasteiger partial charge on any atom is -0.494 e. The Morgan fingerprint density at radius 3 is 2.50 bits per heavy atom. The molecule has 0 radical (unpaired) electrons. The van der Waals surface area contributed by atoms with Crippen LogP contribution in [-0.4, -0.2) is 23.1 Å². The van der Waals surface area contributed by atoms with Crippen LogP contribution in [0.25, 0.3) is 0 Å². The number of hydrogen-bond acceptors (Lipinski definition) is 5. The van der Waals surface area contributed by atoms with Crippen molar-refractivity contribution in [3.05, 3.63) is 36.7 Å². The summed E-state index contributed by atoms with van der Waals surface area (Å²) in [5.41, 5.74) is 0.954. The Bertz CT molecular complexity index is 528. The largest absolute Gasteiger partial charge is 0.494 e. The third kappa shape index (κ3) is 4.12. The van der Waals surface area contributed by atoms with Gasteiger partial charge in [-0.15, -0.1) is 0 Å². The van der Waals surface area contributed by atoms with Crippen LogP contribution in [0, 0.1) is 0 Å². The molecule has 1 heterocycles. The standard InChI is InChI=1S/C15H20N4O/c1-3-9-17-14-10-16-11-15(19-14)18-12-5-7-13(8-6-12)20-4-2/h5-8,10-11H,3-4,9H2,1-2H3,(H2,17,18,19).